The molecule has 1 aromatic heterocycles. The third-order valence-electron chi connectivity index (χ3n) is 3.07. The molecule has 0 saturated carbocycles. The number of nitrogens with two attached hydrogens (primary N) is 1. The van der Waals surface area contributed by atoms with Gasteiger partial charge in [-0.05, 0) is 57.9 Å². The predicted octanol–water partition coefficient (Wildman–Crippen LogP) is 5.02. The second-order valence-corrected chi connectivity index (χ2v) is 6.88. The summed E-state index contributed by atoms with van der Waals surface area (Å²) in [4.78, 5) is 1.15. The van der Waals surface area contributed by atoms with Gasteiger partial charge in [0.15, 0.2) is 0 Å². The van der Waals surface area contributed by atoms with E-state index in [2.05, 4.69) is 22.9 Å². The lowest BCUT2D eigenvalue weighted by Crippen LogP contribution is -2.21. The fourth-order valence-electron chi connectivity index (χ4n) is 1.81. The zero-order valence-electron chi connectivity index (χ0n) is 11.2. The molecule has 2 rings (SSSR count). The molecule has 0 bridgehead atoms. The molecule has 108 valence electrons. The Morgan fingerprint density at radius 3 is 2.80 bits per heavy atom. The Balaban J connectivity index is 2.01. The lowest BCUT2D eigenvalue weighted by molar-refractivity contribution is 0.309. The Labute approximate surface area is 137 Å². The molecule has 0 saturated heterocycles. The molecule has 1 aromatic carbocycles. The molecule has 0 radical (unpaired) electrons. The van der Waals surface area contributed by atoms with Crippen LogP contribution in [-0.4, -0.2) is 6.04 Å². The van der Waals surface area contributed by atoms with Gasteiger partial charge in [0.25, 0.3) is 0 Å². The summed E-state index contributed by atoms with van der Waals surface area (Å²) in [7, 11) is 0. The maximum absolute atomic E-state index is 6.26. The first-order valence-electron chi connectivity index (χ1n) is 6.48. The van der Waals surface area contributed by atoms with Gasteiger partial charge in [-0.15, -0.1) is 11.3 Å². The molecule has 1 atom stereocenters. The largest absolute Gasteiger partial charge is 0.486 e. The van der Waals surface area contributed by atoms with E-state index in [1.165, 1.54) is 0 Å². The van der Waals surface area contributed by atoms with E-state index in [1.54, 1.807) is 11.3 Å². The quantitative estimate of drug-likeness (QED) is 0.770. The highest BCUT2D eigenvalue weighted by molar-refractivity contribution is 9.10. The molecule has 2 nitrogen and oxygen atoms in total. The standard InChI is InChI=1S/C15H17BrClNOS/c1-2-11(18)7-10-3-4-14(13(17)8-10)19-9-15-12(16)5-6-20-15/h3-6,8,11H,2,7,9,18H2,1H3. The van der Waals surface area contributed by atoms with Gasteiger partial charge in [-0.2, -0.15) is 0 Å². The van der Waals surface area contributed by atoms with Crippen molar-refractivity contribution in [2.45, 2.75) is 32.4 Å². The average molecular weight is 375 g/mol. The number of hydrogen-bond acceptors (Lipinski definition) is 3. The first kappa shape index (κ1) is 15.8. The third-order valence-corrected chi connectivity index (χ3v) is 5.26. The van der Waals surface area contributed by atoms with Crippen LogP contribution < -0.4 is 10.5 Å². The smallest absolute Gasteiger partial charge is 0.138 e. The lowest BCUT2D eigenvalue weighted by atomic mass is 10.0. The lowest BCUT2D eigenvalue weighted by Gasteiger charge is -2.11. The summed E-state index contributed by atoms with van der Waals surface area (Å²) in [6, 6.07) is 8.08. The van der Waals surface area contributed by atoms with Crippen LogP contribution in [0.1, 0.15) is 23.8 Å². The molecular formula is C15H17BrClNOS. The first-order chi connectivity index (χ1) is 9.60. The van der Waals surface area contributed by atoms with Crippen molar-refractivity contribution in [3.05, 3.63) is 49.6 Å². The Morgan fingerprint density at radius 2 is 2.20 bits per heavy atom. The van der Waals surface area contributed by atoms with E-state index in [1.807, 2.05) is 29.6 Å². The van der Waals surface area contributed by atoms with Crippen LogP contribution in [-0.2, 0) is 13.0 Å². The molecule has 0 aliphatic heterocycles. The number of halogens is 2. The number of ether oxygens (including phenoxy) is 1. The molecule has 0 spiro atoms. The van der Waals surface area contributed by atoms with E-state index in [9.17, 15) is 0 Å². The Hall–Kier alpha value is -0.550. The molecule has 1 heterocycles. The van der Waals surface area contributed by atoms with Gasteiger partial charge < -0.3 is 10.5 Å². The van der Waals surface area contributed by atoms with E-state index in [0.717, 1.165) is 27.8 Å². The highest BCUT2D eigenvalue weighted by Crippen LogP contribution is 2.29. The summed E-state index contributed by atoms with van der Waals surface area (Å²) >= 11 is 11.4. The average Bonchev–Trinajstić information content (AvgIpc) is 2.83. The fraction of sp³-hybridized carbons (Fsp3) is 0.333. The maximum Gasteiger partial charge on any atom is 0.138 e. The van der Waals surface area contributed by atoms with Crippen molar-refractivity contribution in [3.8, 4) is 5.75 Å². The molecule has 2 N–H and O–H groups in total. The van der Waals surface area contributed by atoms with Gasteiger partial charge in [-0.25, -0.2) is 0 Å². The van der Waals surface area contributed by atoms with Gasteiger partial charge in [0, 0.05) is 10.5 Å². The number of hydrogen-bond donors (Lipinski definition) is 1. The van der Waals surface area contributed by atoms with Gasteiger partial charge in [0.1, 0.15) is 12.4 Å². The summed E-state index contributed by atoms with van der Waals surface area (Å²) < 4.78 is 6.84. The maximum atomic E-state index is 6.26. The minimum Gasteiger partial charge on any atom is -0.486 e. The van der Waals surface area contributed by atoms with Crippen LogP contribution in [0.2, 0.25) is 5.02 Å². The Morgan fingerprint density at radius 1 is 1.40 bits per heavy atom. The zero-order valence-corrected chi connectivity index (χ0v) is 14.4. The minimum absolute atomic E-state index is 0.180. The predicted molar refractivity (Wildman–Crippen MR) is 89.8 cm³/mol. The van der Waals surface area contributed by atoms with Crippen LogP contribution in [0.5, 0.6) is 5.75 Å². The summed E-state index contributed by atoms with van der Waals surface area (Å²) in [5.74, 6) is 0.709. The Kier molecular flexibility index (Phi) is 5.90. The third kappa shape index (κ3) is 4.22. The van der Waals surface area contributed by atoms with Crippen molar-refractivity contribution in [3.63, 3.8) is 0 Å². The second kappa shape index (κ2) is 7.46. The number of rotatable bonds is 6. The first-order valence-corrected chi connectivity index (χ1v) is 8.54. The van der Waals surface area contributed by atoms with Crippen molar-refractivity contribution in [1.29, 1.82) is 0 Å². The van der Waals surface area contributed by atoms with Crippen LogP contribution in [0.25, 0.3) is 0 Å². The van der Waals surface area contributed by atoms with Crippen LogP contribution in [0.15, 0.2) is 34.1 Å². The van der Waals surface area contributed by atoms with Crippen LogP contribution in [0.4, 0.5) is 0 Å². The zero-order chi connectivity index (χ0) is 14.5. The number of benzene rings is 1. The van der Waals surface area contributed by atoms with E-state index in [0.29, 0.717) is 17.4 Å². The van der Waals surface area contributed by atoms with Crippen molar-refractivity contribution in [2.75, 3.05) is 0 Å². The molecule has 0 aliphatic rings. The van der Waals surface area contributed by atoms with E-state index < -0.39 is 0 Å². The molecule has 0 aliphatic carbocycles. The molecular weight excluding hydrogens is 358 g/mol. The molecule has 0 amide bonds. The van der Waals surface area contributed by atoms with Gasteiger partial charge in [-0.1, -0.05) is 24.6 Å². The number of thiophene rings is 1. The summed E-state index contributed by atoms with van der Waals surface area (Å²) in [5, 5.41) is 2.66. The van der Waals surface area contributed by atoms with E-state index >= 15 is 0 Å². The summed E-state index contributed by atoms with van der Waals surface area (Å²) in [5.41, 5.74) is 7.10. The van der Waals surface area contributed by atoms with Crippen LogP contribution in [0, 0.1) is 0 Å². The van der Waals surface area contributed by atoms with Gasteiger partial charge in [0.2, 0.25) is 0 Å². The highest BCUT2D eigenvalue weighted by atomic mass is 79.9. The Bertz CT molecular complexity index is 573. The molecule has 20 heavy (non-hydrogen) atoms. The molecule has 0 fully saturated rings. The van der Waals surface area contributed by atoms with E-state index in [4.69, 9.17) is 22.1 Å². The van der Waals surface area contributed by atoms with Gasteiger partial charge in [-0.3, -0.25) is 0 Å². The normalized spacial score (nSPS) is 12.4. The monoisotopic (exact) mass is 373 g/mol. The summed E-state index contributed by atoms with van der Waals surface area (Å²) in [6.45, 7) is 2.61. The SMILES string of the molecule is CCC(N)Cc1ccc(OCc2sccc2Br)c(Cl)c1. The van der Waals surface area contributed by atoms with Crippen LogP contribution in [0.3, 0.4) is 0 Å². The topological polar surface area (TPSA) is 35.2 Å². The van der Waals surface area contributed by atoms with Crippen LogP contribution >= 0.6 is 38.9 Å². The molecule has 2 aromatic rings. The van der Waals surface area contributed by atoms with Gasteiger partial charge in [0.05, 0.1) is 9.90 Å². The van der Waals surface area contributed by atoms with E-state index in [-0.39, 0.29) is 6.04 Å². The summed E-state index contributed by atoms with van der Waals surface area (Å²) in [6.07, 6.45) is 1.80. The minimum atomic E-state index is 0.180. The van der Waals surface area contributed by atoms with Crippen molar-refractivity contribution >= 4 is 38.9 Å². The van der Waals surface area contributed by atoms with Crippen molar-refractivity contribution < 1.29 is 4.74 Å². The fourth-order valence-corrected chi connectivity index (χ4v) is 3.44. The van der Waals surface area contributed by atoms with Crippen molar-refractivity contribution in [2.24, 2.45) is 5.73 Å². The van der Waals surface area contributed by atoms with Gasteiger partial charge >= 0.3 is 0 Å². The highest BCUT2D eigenvalue weighted by Gasteiger charge is 2.08. The second-order valence-electron chi connectivity index (χ2n) is 4.62. The van der Waals surface area contributed by atoms with Crippen molar-refractivity contribution in [1.82, 2.24) is 0 Å². The molecule has 5 heteroatoms. The molecule has 1 unspecified atom stereocenters.